The molecule has 0 bridgehead atoms. The molecule has 0 aliphatic heterocycles. The number of nitrogens with one attached hydrogen (secondary N) is 1. The van der Waals surface area contributed by atoms with Crippen molar-refractivity contribution in [1.29, 1.82) is 0 Å². The normalized spacial score (nSPS) is 10.3. The van der Waals surface area contributed by atoms with Crippen molar-refractivity contribution in [3.8, 4) is 0 Å². The first-order chi connectivity index (χ1) is 12.9. The van der Waals surface area contributed by atoms with E-state index in [1.165, 1.54) is 0 Å². The molecule has 0 fully saturated rings. The molecule has 0 heterocycles. The molecule has 2 aromatic carbocycles. The van der Waals surface area contributed by atoms with Crippen LogP contribution in [0.1, 0.15) is 41.3 Å². The van der Waals surface area contributed by atoms with Gasteiger partial charge in [-0.15, -0.1) is 0 Å². The predicted octanol–water partition coefficient (Wildman–Crippen LogP) is 4.36. The molecular weight excluding hydrogens is 366 g/mol. The minimum absolute atomic E-state index is 0.0138. The third kappa shape index (κ3) is 6.22. The summed E-state index contributed by atoms with van der Waals surface area (Å²) >= 11 is 5.78. The van der Waals surface area contributed by atoms with E-state index in [0.29, 0.717) is 10.6 Å². The summed E-state index contributed by atoms with van der Waals surface area (Å²) in [7, 11) is 0. The largest absolute Gasteiger partial charge is 0.456 e. The first kappa shape index (κ1) is 20.6. The lowest BCUT2D eigenvalue weighted by Crippen LogP contribution is -2.22. The van der Waals surface area contributed by atoms with Gasteiger partial charge >= 0.3 is 5.97 Å². The van der Waals surface area contributed by atoms with Gasteiger partial charge in [-0.3, -0.25) is 14.4 Å². The molecule has 0 saturated heterocycles. The molecule has 1 N–H and O–H groups in total. The molecule has 2 rings (SSSR count). The second kappa shape index (κ2) is 9.88. The maximum absolute atomic E-state index is 12.1. The fourth-order valence-corrected chi connectivity index (χ4v) is 2.72. The van der Waals surface area contributed by atoms with Crippen molar-refractivity contribution in [2.75, 3.05) is 11.9 Å². The Balaban J connectivity index is 1.79. The van der Waals surface area contributed by atoms with Crippen LogP contribution >= 0.6 is 11.6 Å². The summed E-state index contributed by atoms with van der Waals surface area (Å²) in [5.74, 6) is -1.18. The zero-order valence-corrected chi connectivity index (χ0v) is 16.1. The summed E-state index contributed by atoms with van der Waals surface area (Å²) in [5, 5.41) is 3.32. The lowest BCUT2D eigenvalue weighted by Gasteiger charge is -2.13. The highest BCUT2D eigenvalue weighted by Gasteiger charge is 2.13. The SMILES string of the molecule is CCc1cccc(C)c1NC(=O)COC(=O)CCC(=O)c1ccc(Cl)cc1. The third-order valence-corrected chi connectivity index (χ3v) is 4.34. The smallest absolute Gasteiger partial charge is 0.306 e. The van der Waals surface area contributed by atoms with Gasteiger partial charge in [-0.25, -0.2) is 0 Å². The summed E-state index contributed by atoms with van der Waals surface area (Å²) in [5.41, 5.74) is 3.20. The van der Waals surface area contributed by atoms with Gasteiger partial charge in [0.2, 0.25) is 0 Å². The minimum atomic E-state index is -0.590. The van der Waals surface area contributed by atoms with Crippen molar-refractivity contribution in [2.24, 2.45) is 0 Å². The molecule has 6 heteroatoms. The Morgan fingerprint density at radius 2 is 1.74 bits per heavy atom. The fourth-order valence-electron chi connectivity index (χ4n) is 2.59. The van der Waals surface area contributed by atoms with E-state index in [1.54, 1.807) is 24.3 Å². The molecule has 0 saturated carbocycles. The number of aryl methyl sites for hydroxylation is 2. The number of amides is 1. The van der Waals surface area contributed by atoms with Gasteiger partial charge in [-0.2, -0.15) is 0 Å². The van der Waals surface area contributed by atoms with Crippen molar-refractivity contribution in [3.05, 3.63) is 64.2 Å². The minimum Gasteiger partial charge on any atom is -0.456 e. The van der Waals surface area contributed by atoms with E-state index in [0.717, 1.165) is 23.2 Å². The second-order valence-corrected chi connectivity index (χ2v) is 6.54. The van der Waals surface area contributed by atoms with Gasteiger partial charge in [-0.1, -0.05) is 36.7 Å². The van der Waals surface area contributed by atoms with Gasteiger partial charge in [-0.05, 0) is 48.7 Å². The topological polar surface area (TPSA) is 72.5 Å². The lowest BCUT2D eigenvalue weighted by atomic mass is 10.1. The van der Waals surface area contributed by atoms with Crippen LogP contribution in [0.25, 0.3) is 0 Å². The van der Waals surface area contributed by atoms with Gasteiger partial charge < -0.3 is 10.1 Å². The number of anilines is 1. The van der Waals surface area contributed by atoms with Gasteiger partial charge in [0.05, 0.1) is 6.42 Å². The van der Waals surface area contributed by atoms with E-state index < -0.39 is 11.9 Å². The van der Waals surface area contributed by atoms with Gasteiger partial charge in [0.25, 0.3) is 5.91 Å². The average Bonchev–Trinajstić information content (AvgIpc) is 2.66. The van der Waals surface area contributed by atoms with E-state index in [4.69, 9.17) is 16.3 Å². The molecule has 142 valence electrons. The zero-order chi connectivity index (χ0) is 19.8. The predicted molar refractivity (Wildman–Crippen MR) is 105 cm³/mol. The Hall–Kier alpha value is -2.66. The van der Waals surface area contributed by atoms with Crippen LogP contribution < -0.4 is 5.32 Å². The van der Waals surface area contributed by atoms with E-state index in [9.17, 15) is 14.4 Å². The van der Waals surface area contributed by atoms with Crippen LogP contribution in [-0.2, 0) is 20.7 Å². The van der Waals surface area contributed by atoms with E-state index in [2.05, 4.69) is 5.32 Å². The van der Waals surface area contributed by atoms with E-state index in [1.807, 2.05) is 32.0 Å². The monoisotopic (exact) mass is 387 g/mol. The Bertz CT molecular complexity index is 831. The van der Waals surface area contributed by atoms with Crippen molar-refractivity contribution < 1.29 is 19.1 Å². The quantitative estimate of drug-likeness (QED) is 0.539. The van der Waals surface area contributed by atoms with Crippen LogP contribution in [0.5, 0.6) is 0 Å². The molecule has 5 nitrogen and oxygen atoms in total. The number of carbonyl (C=O) groups excluding carboxylic acids is 3. The number of esters is 1. The van der Waals surface area contributed by atoms with Crippen LogP contribution in [0.15, 0.2) is 42.5 Å². The molecule has 27 heavy (non-hydrogen) atoms. The lowest BCUT2D eigenvalue weighted by molar-refractivity contribution is -0.147. The zero-order valence-electron chi connectivity index (χ0n) is 15.4. The highest BCUT2D eigenvalue weighted by atomic mass is 35.5. The number of para-hydroxylation sites is 1. The van der Waals surface area contributed by atoms with Crippen LogP contribution in [-0.4, -0.2) is 24.3 Å². The Labute approximate surface area is 163 Å². The van der Waals surface area contributed by atoms with Crippen molar-refractivity contribution in [1.82, 2.24) is 0 Å². The van der Waals surface area contributed by atoms with Crippen molar-refractivity contribution in [3.63, 3.8) is 0 Å². The number of Topliss-reactive ketones (excluding diaryl/α,β-unsaturated/α-hetero) is 1. The number of hydrogen-bond donors (Lipinski definition) is 1. The van der Waals surface area contributed by atoms with Crippen molar-refractivity contribution in [2.45, 2.75) is 33.1 Å². The highest BCUT2D eigenvalue weighted by molar-refractivity contribution is 6.30. The van der Waals surface area contributed by atoms with E-state index >= 15 is 0 Å². The maximum Gasteiger partial charge on any atom is 0.306 e. The van der Waals surface area contributed by atoms with Gasteiger partial charge in [0.15, 0.2) is 12.4 Å². The second-order valence-electron chi connectivity index (χ2n) is 6.10. The molecule has 0 aliphatic carbocycles. The maximum atomic E-state index is 12.1. The molecule has 0 aliphatic rings. The number of halogens is 1. The molecule has 0 spiro atoms. The molecule has 0 atom stereocenters. The van der Waals surface area contributed by atoms with Crippen LogP contribution in [0, 0.1) is 6.92 Å². The highest BCUT2D eigenvalue weighted by Crippen LogP contribution is 2.21. The standard InChI is InChI=1S/C21H22ClNO4/c1-3-15-6-4-5-14(2)21(15)23-19(25)13-27-20(26)12-11-18(24)16-7-9-17(22)10-8-16/h4-10H,3,11-13H2,1-2H3,(H,23,25). The average molecular weight is 388 g/mol. The number of carbonyl (C=O) groups is 3. The van der Waals surface area contributed by atoms with Crippen LogP contribution in [0.2, 0.25) is 5.02 Å². The summed E-state index contributed by atoms with van der Waals surface area (Å²) in [4.78, 5) is 35.9. The fraction of sp³-hybridized carbons (Fsp3) is 0.286. The Morgan fingerprint density at radius 3 is 2.41 bits per heavy atom. The Kier molecular flexibility index (Phi) is 7.55. The van der Waals surface area contributed by atoms with E-state index in [-0.39, 0.29) is 25.2 Å². The van der Waals surface area contributed by atoms with Gasteiger partial charge in [0, 0.05) is 22.7 Å². The first-order valence-electron chi connectivity index (χ1n) is 8.73. The molecule has 0 radical (unpaired) electrons. The first-order valence-corrected chi connectivity index (χ1v) is 9.11. The molecule has 2 aromatic rings. The number of ether oxygens (including phenoxy) is 1. The van der Waals surface area contributed by atoms with Crippen molar-refractivity contribution >= 4 is 34.9 Å². The third-order valence-electron chi connectivity index (χ3n) is 4.09. The number of hydrogen-bond acceptors (Lipinski definition) is 4. The summed E-state index contributed by atoms with van der Waals surface area (Å²) in [6.07, 6.45) is 0.711. The molecular formula is C21H22ClNO4. The Morgan fingerprint density at radius 1 is 1.04 bits per heavy atom. The summed E-state index contributed by atoms with van der Waals surface area (Å²) < 4.78 is 4.97. The number of rotatable bonds is 8. The molecule has 0 aromatic heterocycles. The number of benzene rings is 2. The summed E-state index contributed by atoms with van der Waals surface area (Å²) in [6, 6.07) is 12.2. The summed E-state index contributed by atoms with van der Waals surface area (Å²) in [6.45, 7) is 3.52. The number of ketones is 1. The van der Waals surface area contributed by atoms with Crippen LogP contribution in [0.4, 0.5) is 5.69 Å². The van der Waals surface area contributed by atoms with Crippen LogP contribution in [0.3, 0.4) is 0 Å². The van der Waals surface area contributed by atoms with Gasteiger partial charge in [0.1, 0.15) is 0 Å². The molecule has 1 amide bonds. The molecule has 0 unspecified atom stereocenters.